The lowest BCUT2D eigenvalue weighted by atomic mass is 10.1. The summed E-state index contributed by atoms with van der Waals surface area (Å²) in [5, 5.41) is 0. The van der Waals surface area contributed by atoms with Gasteiger partial charge in [0, 0.05) is 32.3 Å². The van der Waals surface area contributed by atoms with E-state index in [1.54, 1.807) is 0 Å². The topological polar surface area (TPSA) is 60.6 Å². The number of hydrogen-bond acceptors (Lipinski definition) is 5. The average molecular weight is 295 g/mol. The van der Waals surface area contributed by atoms with Crippen molar-refractivity contribution in [3.05, 3.63) is 24.0 Å². The minimum absolute atomic E-state index is 0.0133. The van der Waals surface area contributed by atoms with E-state index in [4.69, 9.17) is 15.2 Å². The van der Waals surface area contributed by atoms with E-state index in [1.807, 2.05) is 26.1 Å². The van der Waals surface area contributed by atoms with Crippen LogP contribution in [0.3, 0.4) is 0 Å². The van der Waals surface area contributed by atoms with Crippen LogP contribution in [0.5, 0.6) is 0 Å². The SMILES string of the molecule is CCOCCN(CCOCC)c1ccc(C(N)CC)nc1. The summed E-state index contributed by atoms with van der Waals surface area (Å²) in [6.07, 6.45) is 2.79. The Morgan fingerprint density at radius 2 is 1.71 bits per heavy atom. The van der Waals surface area contributed by atoms with Crippen LogP contribution in [-0.4, -0.2) is 44.5 Å². The molecule has 21 heavy (non-hydrogen) atoms. The molecule has 1 heterocycles. The summed E-state index contributed by atoms with van der Waals surface area (Å²) in [5.41, 5.74) is 8.03. The lowest BCUT2D eigenvalue weighted by Crippen LogP contribution is -2.31. The lowest BCUT2D eigenvalue weighted by Gasteiger charge is -2.24. The van der Waals surface area contributed by atoms with Gasteiger partial charge in [-0.15, -0.1) is 0 Å². The smallest absolute Gasteiger partial charge is 0.0641 e. The molecule has 120 valence electrons. The summed E-state index contributed by atoms with van der Waals surface area (Å²) in [7, 11) is 0. The first kappa shape index (κ1) is 17.9. The molecule has 2 N–H and O–H groups in total. The molecule has 5 nitrogen and oxygen atoms in total. The molecule has 1 rings (SSSR count). The molecule has 1 aromatic rings. The molecule has 0 radical (unpaired) electrons. The number of ether oxygens (including phenoxy) is 2. The molecule has 0 aliphatic rings. The third kappa shape index (κ3) is 6.42. The third-order valence-corrected chi connectivity index (χ3v) is 3.37. The molecule has 0 saturated carbocycles. The van der Waals surface area contributed by atoms with E-state index in [-0.39, 0.29) is 6.04 Å². The van der Waals surface area contributed by atoms with Crippen molar-refractivity contribution in [3.8, 4) is 0 Å². The van der Waals surface area contributed by atoms with Crippen molar-refractivity contribution in [1.29, 1.82) is 0 Å². The van der Waals surface area contributed by atoms with Crippen LogP contribution in [0.15, 0.2) is 18.3 Å². The summed E-state index contributed by atoms with van der Waals surface area (Å²) in [4.78, 5) is 6.71. The van der Waals surface area contributed by atoms with E-state index in [9.17, 15) is 0 Å². The number of aromatic nitrogens is 1. The Bertz CT molecular complexity index is 360. The van der Waals surface area contributed by atoms with E-state index < -0.39 is 0 Å². The normalized spacial score (nSPS) is 12.4. The van der Waals surface area contributed by atoms with Gasteiger partial charge in [0.2, 0.25) is 0 Å². The first-order valence-corrected chi connectivity index (χ1v) is 7.84. The molecular weight excluding hydrogens is 266 g/mol. The van der Waals surface area contributed by atoms with Crippen molar-refractivity contribution in [3.63, 3.8) is 0 Å². The Labute approximate surface area is 128 Å². The summed E-state index contributed by atoms with van der Waals surface area (Å²) in [6.45, 7) is 10.6. The monoisotopic (exact) mass is 295 g/mol. The minimum atomic E-state index is 0.0133. The molecule has 0 spiro atoms. The van der Waals surface area contributed by atoms with Crippen LogP contribution in [0, 0.1) is 0 Å². The van der Waals surface area contributed by atoms with Gasteiger partial charge in [0.1, 0.15) is 0 Å². The minimum Gasteiger partial charge on any atom is -0.380 e. The third-order valence-electron chi connectivity index (χ3n) is 3.37. The van der Waals surface area contributed by atoms with Crippen LogP contribution in [0.25, 0.3) is 0 Å². The molecule has 0 bridgehead atoms. The van der Waals surface area contributed by atoms with Crippen molar-refractivity contribution in [2.24, 2.45) is 5.73 Å². The maximum absolute atomic E-state index is 6.00. The second kappa shape index (κ2) is 10.5. The van der Waals surface area contributed by atoms with Gasteiger partial charge in [-0.1, -0.05) is 6.92 Å². The highest BCUT2D eigenvalue weighted by atomic mass is 16.5. The van der Waals surface area contributed by atoms with Crippen molar-refractivity contribution in [2.45, 2.75) is 33.2 Å². The zero-order valence-corrected chi connectivity index (χ0v) is 13.5. The molecule has 0 amide bonds. The standard InChI is InChI=1S/C16H29N3O2/c1-4-15(17)16-8-7-14(13-18-16)19(9-11-20-5-2)10-12-21-6-3/h7-8,13,15H,4-6,9-12,17H2,1-3H3. The second-order valence-corrected chi connectivity index (χ2v) is 4.84. The predicted octanol–water partition coefficient (Wildman–Crippen LogP) is 2.37. The van der Waals surface area contributed by atoms with Crippen LogP contribution >= 0.6 is 0 Å². The van der Waals surface area contributed by atoms with E-state index in [2.05, 4.69) is 22.9 Å². The van der Waals surface area contributed by atoms with Crippen molar-refractivity contribution >= 4 is 5.69 Å². The Balaban J connectivity index is 2.66. The average Bonchev–Trinajstić information content (AvgIpc) is 2.53. The Morgan fingerprint density at radius 1 is 1.10 bits per heavy atom. The van der Waals surface area contributed by atoms with Crippen LogP contribution < -0.4 is 10.6 Å². The first-order valence-electron chi connectivity index (χ1n) is 7.84. The molecular formula is C16H29N3O2. The number of hydrogen-bond donors (Lipinski definition) is 1. The van der Waals surface area contributed by atoms with Gasteiger partial charge < -0.3 is 20.1 Å². The lowest BCUT2D eigenvalue weighted by molar-refractivity contribution is 0.141. The highest BCUT2D eigenvalue weighted by molar-refractivity contribution is 5.44. The molecule has 5 heteroatoms. The van der Waals surface area contributed by atoms with Gasteiger partial charge in [-0.25, -0.2) is 0 Å². The van der Waals surface area contributed by atoms with Crippen molar-refractivity contribution in [1.82, 2.24) is 4.98 Å². The highest BCUT2D eigenvalue weighted by Crippen LogP contribution is 2.17. The Hall–Kier alpha value is -1.17. The second-order valence-electron chi connectivity index (χ2n) is 4.84. The Morgan fingerprint density at radius 3 is 2.14 bits per heavy atom. The molecule has 0 aromatic carbocycles. The summed E-state index contributed by atoms with van der Waals surface area (Å²) >= 11 is 0. The molecule has 0 saturated heterocycles. The molecule has 0 aliphatic heterocycles. The number of rotatable bonds is 11. The van der Waals surface area contributed by atoms with Crippen molar-refractivity contribution < 1.29 is 9.47 Å². The summed E-state index contributed by atoms with van der Waals surface area (Å²) in [5.74, 6) is 0. The fourth-order valence-electron chi connectivity index (χ4n) is 2.02. The largest absolute Gasteiger partial charge is 0.380 e. The van der Waals surface area contributed by atoms with Gasteiger partial charge in [-0.05, 0) is 32.4 Å². The highest BCUT2D eigenvalue weighted by Gasteiger charge is 2.09. The number of nitrogens with zero attached hydrogens (tertiary/aromatic N) is 2. The van der Waals surface area contributed by atoms with Gasteiger partial charge in [0.05, 0.1) is 30.8 Å². The van der Waals surface area contributed by atoms with Crippen LogP contribution in [0.1, 0.15) is 38.9 Å². The van der Waals surface area contributed by atoms with Gasteiger partial charge >= 0.3 is 0 Å². The number of nitrogens with two attached hydrogens (primary N) is 1. The maximum Gasteiger partial charge on any atom is 0.0641 e. The van der Waals surface area contributed by atoms with Crippen molar-refractivity contribution in [2.75, 3.05) is 44.4 Å². The fraction of sp³-hybridized carbons (Fsp3) is 0.688. The van der Waals surface area contributed by atoms with E-state index in [1.165, 1.54) is 0 Å². The van der Waals surface area contributed by atoms with Crippen LogP contribution in [0.2, 0.25) is 0 Å². The summed E-state index contributed by atoms with van der Waals surface area (Å²) < 4.78 is 10.9. The molecule has 1 unspecified atom stereocenters. The van der Waals surface area contributed by atoms with Gasteiger partial charge in [-0.3, -0.25) is 4.98 Å². The molecule has 1 aromatic heterocycles. The zero-order chi connectivity index (χ0) is 15.5. The molecule has 1 atom stereocenters. The van der Waals surface area contributed by atoms with E-state index >= 15 is 0 Å². The van der Waals surface area contributed by atoms with E-state index in [0.29, 0.717) is 13.2 Å². The zero-order valence-electron chi connectivity index (χ0n) is 13.5. The number of pyridine rings is 1. The number of anilines is 1. The van der Waals surface area contributed by atoms with E-state index in [0.717, 1.165) is 44.1 Å². The quantitative estimate of drug-likeness (QED) is 0.635. The molecule has 0 aliphatic carbocycles. The Kier molecular flexibility index (Phi) is 8.98. The maximum atomic E-state index is 6.00. The van der Waals surface area contributed by atoms with Gasteiger partial charge in [-0.2, -0.15) is 0 Å². The fourth-order valence-corrected chi connectivity index (χ4v) is 2.02. The predicted molar refractivity (Wildman–Crippen MR) is 86.7 cm³/mol. The van der Waals surface area contributed by atoms with Gasteiger partial charge in [0.15, 0.2) is 0 Å². The van der Waals surface area contributed by atoms with Gasteiger partial charge in [0.25, 0.3) is 0 Å². The first-order chi connectivity index (χ1) is 10.2. The van der Waals surface area contributed by atoms with Crippen LogP contribution in [-0.2, 0) is 9.47 Å². The van der Waals surface area contributed by atoms with Crippen LogP contribution in [0.4, 0.5) is 5.69 Å². The summed E-state index contributed by atoms with van der Waals surface area (Å²) in [6, 6.07) is 4.10. The molecule has 0 fully saturated rings.